The highest BCUT2D eigenvalue weighted by Gasteiger charge is 2.30. The molecule has 3 unspecified atom stereocenters. The molecule has 0 aromatic heterocycles. The summed E-state index contributed by atoms with van der Waals surface area (Å²) < 4.78 is 6.18. The molecule has 1 N–H and O–H groups in total. The SMILES string of the molecule is CC1CSCCN1CC1CCC(CNC2CC2)O1. The molecule has 0 amide bonds. The van der Waals surface area contributed by atoms with E-state index in [1.165, 1.54) is 43.7 Å². The van der Waals surface area contributed by atoms with E-state index in [0.717, 1.165) is 25.2 Å². The molecule has 0 bridgehead atoms. The van der Waals surface area contributed by atoms with Crippen LogP contribution in [0.15, 0.2) is 0 Å². The summed E-state index contributed by atoms with van der Waals surface area (Å²) in [7, 11) is 0. The van der Waals surface area contributed by atoms with Gasteiger partial charge in [0.05, 0.1) is 12.2 Å². The fraction of sp³-hybridized carbons (Fsp3) is 1.00. The zero-order valence-electron chi connectivity index (χ0n) is 11.4. The van der Waals surface area contributed by atoms with Gasteiger partial charge in [-0.15, -0.1) is 0 Å². The summed E-state index contributed by atoms with van der Waals surface area (Å²) in [6.45, 7) is 5.83. The molecule has 2 aliphatic heterocycles. The van der Waals surface area contributed by atoms with Crippen LogP contribution >= 0.6 is 11.8 Å². The maximum Gasteiger partial charge on any atom is 0.0707 e. The van der Waals surface area contributed by atoms with Gasteiger partial charge in [0.2, 0.25) is 0 Å². The Hall–Kier alpha value is 0.230. The summed E-state index contributed by atoms with van der Waals surface area (Å²) >= 11 is 2.09. The van der Waals surface area contributed by atoms with E-state index in [2.05, 4.69) is 28.9 Å². The van der Waals surface area contributed by atoms with Crippen LogP contribution in [0.3, 0.4) is 0 Å². The first kappa shape index (κ1) is 13.2. The van der Waals surface area contributed by atoms with Crippen LogP contribution in [0.25, 0.3) is 0 Å². The lowest BCUT2D eigenvalue weighted by atomic mass is 10.1. The van der Waals surface area contributed by atoms with Gasteiger partial charge in [0, 0.05) is 43.2 Å². The van der Waals surface area contributed by atoms with Crippen LogP contribution in [0.2, 0.25) is 0 Å². The third kappa shape index (κ3) is 3.62. The molecule has 3 fully saturated rings. The summed E-state index contributed by atoms with van der Waals surface area (Å²) in [6, 6.07) is 1.54. The van der Waals surface area contributed by atoms with Crippen LogP contribution in [0.4, 0.5) is 0 Å². The van der Waals surface area contributed by atoms with Crippen molar-refractivity contribution >= 4 is 11.8 Å². The lowest BCUT2D eigenvalue weighted by Crippen LogP contribution is -2.44. The third-order valence-electron chi connectivity index (χ3n) is 4.35. The fourth-order valence-corrected chi connectivity index (χ4v) is 4.03. The van der Waals surface area contributed by atoms with Gasteiger partial charge in [-0.1, -0.05) is 0 Å². The zero-order valence-corrected chi connectivity index (χ0v) is 12.3. The minimum Gasteiger partial charge on any atom is -0.372 e. The van der Waals surface area contributed by atoms with E-state index < -0.39 is 0 Å². The van der Waals surface area contributed by atoms with Gasteiger partial charge in [0.25, 0.3) is 0 Å². The molecule has 3 nitrogen and oxygen atoms in total. The van der Waals surface area contributed by atoms with Crippen molar-refractivity contribution in [3.05, 3.63) is 0 Å². The van der Waals surface area contributed by atoms with Crippen molar-refractivity contribution in [1.29, 1.82) is 0 Å². The molecule has 104 valence electrons. The molecule has 4 heteroatoms. The van der Waals surface area contributed by atoms with Crippen LogP contribution in [-0.2, 0) is 4.74 Å². The lowest BCUT2D eigenvalue weighted by Gasteiger charge is -2.34. The van der Waals surface area contributed by atoms with E-state index in [1.54, 1.807) is 0 Å². The summed E-state index contributed by atoms with van der Waals surface area (Å²) in [5.74, 6) is 2.59. The van der Waals surface area contributed by atoms with Gasteiger partial charge < -0.3 is 10.1 Å². The van der Waals surface area contributed by atoms with Gasteiger partial charge in [0.15, 0.2) is 0 Å². The molecule has 0 aromatic rings. The second-order valence-corrected chi connectivity index (χ2v) is 7.21. The molecule has 1 aliphatic carbocycles. The minimum atomic E-state index is 0.477. The van der Waals surface area contributed by atoms with Crippen LogP contribution < -0.4 is 5.32 Å². The molecule has 3 rings (SSSR count). The topological polar surface area (TPSA) is 24.5 Å². The summed E-state index contributed by atoms with van der Waals surface area (Å²) in [5, 5.41) is 3.59. The predicted molar refractivity (Wildman–Crippen MR) is 77.3 cm³/mol. The maximum atomic E-state index is 6.18. The summed E-state index contributed by atoms with van der Waals surface area (Å²) in [6.07, 6.45) is 6.22. The Morgan fingerprint density at radius 3 is 2.83 bits per heavy atom. The van der Waals surface area contributed by atoms with E-state index in [1.807, 2.05) is 0 Å². The largest absolute Gasteiger partial charge is 0.372 e. The first-order chi connectivity index (χ1) is 8.81. The Morgan fingerprint density at radius 1 is 1.22 bits per heavy atom. The number of ether oxygens (including phenoxy) is 1. The van der Waals surface area contributed by atoms with Crippen molar-refractivity contribution in [2.45, 2.75) is 56.9 Å². The normalized spacial score (nSPS) is 38.2. The van der Waals surface area contributed by atoms with Crippen molar-refractivity contribution in [3.8, 4) is 0 Å². The average molecular weight is 270 g/mol. The Kier molecular flexibility index (Phi) is 4.50. The molecule has 0 radical (unpaired) electrons. The number of rotatable bonds is 5. The van der Waals surface area contributed by atoms with Gasteiger partial charge in [-0.05, 0) is 32.6 Å². The Bertz CT molecular complexity index is 273. The highest BCUT2D eigenvalue weighted by molar-refractivity contribution is 7.99. The van der Waals surface area contributed by atoms with Gasteiger partial charge in [-0.2, -0.15) is 11.8 Å². The number of thioether (sulfide) groups is 1. The van der Waals surface area contributed by atoms with Crippen LogP contribution in [-0.4, -0.2) is 60.3 Å². The molecule has 1 saturated carbocycles. The lowest BCUT2D eigenvalue weighted by molar-refractivity contribution is 0.0183. The van der Waals surface area contributed by atoms with E-state index in [-0.39, 0.29) is 0 Å². The van der Waals surface area contributed by atoms with Gasteiger partial charge in [-0.25, -0.2) is 0 Å². The predicted octanol–water partition coefficient (Wildman–Crippen LogP) is 1.72. The monoisotopic (exact) mass is 270 g/mol. The van der Waals surface area contributed by atoms with Crippen LogP contribution in [0.1, 0.15) is 32.6 Å². The number of nitrogens with one attached hydrogen (secondary N) is 1. The molecule has 18 heavy (non-hydrogen) atoms. The number of hydrogen-bond donors (Lipinski definition) is 1. The first-order valence-electron chi connectivity index (χ1n) is 7.52. The summed E-state index contributed by atoms with van der Waals surface area (Å²) in [5.41, 5.74) is 0. The molecule has 0 aromatic carbocycles. The van der Waals surface area contributed by atoms with Crippen molar-refractivity contribution in [2.24, 2.45) is 0 Å². The molecule has 3 aliphatic rings. The standard InChI is InChI=1S/C14H26N2OS/c1-11-10-18-7-6-16(11)9-14-5-4-13(17-14)8-15-12-2-3-12/h11-15H,2-10H2,1H3. The van der Waals surface area contributed by atoms with Gasteiger partial charge >= 0.3 is 0 Å². The molecule has 2 heterocycles. The number of nitrogens with zero attached hydrogens (tertiary/aromatic N) is 1. The zero-order chi connectivity index (χ0) is 12.4. The van der Waals surface area contributed by atoms with E-state index in [9.17, 15) is 0 Å². The minimum absolute atomic E-state index is 0.477. The van der Waals surface area contributed by atoms with Gasteiger partial charge in [-0.3, -0.25) is 4.90 Å². The quantitative estimate of drug-likeness (QED) is 0.822. The molecular formula is C14H26N2OS. The smallest absolute Gasteiger partial charge is 0.0707 e. The highest BCUT2D eigenvalue weighted by Crippen LogP contribution is 2.24. The van der Waals surface area contributed by atoms with Crippen molar-refractivity contribution in [3.63, 3.8) is 0 Å². The second kappa shape index (κ2) is 6.12. The molecule has 3 atom stereocenters. The Balaban J connectivity index is 1.38. The third-order valence-corrected chi connectivity index (χ3v) is 5.54. The highest BCUT2D eigenvalue weighted by atomic mass is 32.2. The van der Waals surface area contributed by atoms with Crippen LogP contribution in [0.5, 0.6) is 0 Å². The van der Waals surface area contributed by atoms with Gasteiger partial charge in [0.1, 0.15) is 0 Å². The van der Waals surface area contributed by atoms with Crippen molar-refractivity contribution in [1.82, 2.24) is 10.2 Å². The molecular weight excluding hydrogens is 244 g/mol. The molecule has 0 spiro atoms. The average Bonchev–Trinajstić information content (AvgIpc) is 3.10. The van der Waals surface area contributed by atoms with Crippen molar-refractivity contribution in [2.75, 3.05) is 31.1 Å². The Morgan fingerprint density at radius 2 is 2.06 bits per heavy atom. The fourth-order valence-electron chi connectivity index (χ4n) is 2.94. The Labute approximate surface area is 115 Å². The second-order valence-electron chi connectivity index (χ2n) is 6.06. The number of hydrogen-bond acceptors (Lipinski definition) is 4. The van der Waals surface area contributed by atoms with E-state index in [4.69, 9.17) is 4.74 Å². The first-order valence-corrected chi connectivity index (χ1v) is 8.67. The summed E-state index contributed by atoms with van der Waals surface area (Å²) in [4.78, 5) is 2.62. The maximum absolute atomic E-state index is 6.18. The van der Waals surface area contributed by atoms with Crippen molar-refractivity contribution < 1.29 is 4.74 Å². The molecule has 2 saturated heterocycles. The van der Waals surface area contributed by atoms with E-state index in [0.29, 0.717) is 12.2 Å². The van der Waals surface area contributed by atoms with Crippen LogP contribution in [0, 0.1) is 0 Å². The van der Waals surface area contributed by atoms with E-state index >= 15 is 0 Å².